The molecule has 0 aromatic carbocycles. The second kappa shape index (κ2) is 10.5. The molecule has 0 saturated carbocycles. The number of carbonyl (C=O) groups excluding carboxylic acids is 1. The Hall–Kier alpha value is -1.18. The minimum absolute atomic E-state index is 0.0525. The van der Waals surface area contributed by atoms with Crippen LogP contribution in [0.4, 0.5) is 0 Å². The molecule has 1 fully saturated rings. The number of carbonyl (C=O) groups is 2. The number of likely N-dealkylation sites (tertiary alicyclic amines) is 1. The van der Waals surface area contributed by atoms with Crippen molar-refractivity contribution in [2.45, 2.75) is 31.7 Å². The zero-order valence-corrected chi connectivity index (χ0v) is 13.6. The molecule has 0 radical (unpaired) electrons. The quantitative estimate of drug-likeness (QED) is 0.596. The van der Waals surface area contributed by atoms with Gasteiger partial charge in [0, 0.05) is 40.3 Å². The lowest BCUT2D eigenvalue weighted by Gasteiger charge is -2.24. The van der Waals surface area contributed by atoms with Crippen LogP contribution in [0, 0.1) is 0 Å². The van der Waals surface area contributed by atoms with Gasteiger partial charge in [-0.3, -0.25) is 9.69 Å². The van der Waals surface area contributed by atoms with E-state index in [-0.39, 0.29) is 5.91 Å². The van der Waals surface area contributed by atoms with Crippen molar-refractivity contribution in [1.82, 2.24) is 9.80 Å². The number of carboxylic acid groups (broad SMARTS) is 1. The Morgan fingerprint density at radius 1 is 1.18 bits per heavy atom. The number of nitrogens with zero attached hydrogens (tertiary/aromatic N) is 2. The zero-order valence-electron chi connectivity index (χ0n) is 13.6. The van der Waals surface area contributed by atoms with E-state index in [0.717, 1.165) is 32.5 Å². The third kappa shape index (κ3) is 6.29. The summed E-state index contributed by atoms with van der Waals surface area (Å²) in [5.41, 5.74) is 0. The van der Waals surface area contributed by atoms with E-state index in [0.29, 0.717) is 32.6 Å². The first-order chi connectivity index (χ1) is 10.6. The minimum Gasteiger partial charge on any atom is -0.480 e. The van der Waals surface area contributed by atoms with Crippen molar-refractivity contribution >= 4 is 11.9 Å². The summed E-state index contributed by atoms with van der Waals surface area (Å²) in [5.74, 6) is -0.948. The second-order valence-electron chi connectivity index (χ2n) is 5.51. The summed E-state index contributed by atoms with van der Waals surface area (Å²) < 4.78 is 10.2. The molecule has 1 aliphatic heterocycles. The molecule has 7 nitrogen and oxygen atoms in total. The number of hydrogen-bond acceptors (Lipinski definition) is 5. The first-order valence-electron chi connectivity index (χ1n) is 7.82. The number of aliphatic carboxylic acids is 1. The zero-order chi connectivity index (χ0) is 16.4. The fourth-order valence-electron chi connectivity index (χ4n) is 2.70. The highest BCUT2D eigenvalue weighted by Crippen LogP contribution is 2.18. The van der Waals surface area contributed by atoms with E-state index in [1.54, 1.807) is 14.2 Å². The maximum absolute atomic E-state index is 12.2. The Kier molecular flexibility index (Phi) is 9.03. The van der Waals surface area contributed by atoms with Crippen molar-refractivity contribution < 1.29 is 24.2 Å². The third-order valence-corrected chi connectivity index (χ3v) is 3.95. The van der Waals surface area contributed by atoms with Crippen molar-refractivity contribution in [1.29, 1.82) is 0 Å². The Bertz CT molecular complexity index is 343. The van der Waals surface area contributed by atoms with Gasteiger partial charge in [0.1, 0.15) is 6.04 Å². The van der Waals surface area contributed by atoms with E-state index in [1.807, 2.05) is 0 Å². The smallest absolute Gasteiger partial charge is 0.326 e. The van der Waals surface area contributed by atoms with E-state index < -0.39 is 12.0 Å². The molecule has 0 spiro atoms. The van der Waals surface area contributed by atoms with Gasteiger partial charge >= 0.3 is 5.97 Å². The van der Waals surface area contributed by atoms with Crippen LogP contribution in [0.2, 0.25) is 0 Å². The van der Waals surface area contributed by atoms with Gasteiger partial charge in [0.2, 0.25) is 5.91 Å². The first-order valence-corrected chi connectivity index (χ1v) is 7.82. The topological polar surface area (TPSA) is 79.3 Å². The molecule has 1 atom stereocenters. The van der Waals surface area contributed by atoms with Gasteiger partial charge < -0.3 is 19.5 Å². The van der Waals surface area contributed by atoms with Gasteiger partial charge in [-0.1, -0.05) is 0 Å². The molecule has 0 bridgehead atoms. The lowest BCUT2D eigenvalue weighted by molar-refractivity contribution is -0.148. The van der Waals surface area contributed by atoms with Crippen LogP contribution in [0.25, 0.3) is 0 Å². The summed E-state index contributed by atoms with van der Waals surface area (Å²) in [7, 11) is 3.33. The Balaban J connectivity index is 2.33. The normalized spacial score (nSPS) is 18.1. The molecule has 1 saturated heterocycles. The third-order valence-electron chi connectivity index (χ3n) is 3.95. The number of carboxylic acids is 1. The van der Waals surface area contributed by atoms with Crippen LogP contribution in [-0.2, 0) is 19.1 Å². The SMILES string of the molecule is COCCN(CCCC(=O)N1CCCC1C(=O)O)CCOC. The van der Waals surface area contributed by atoms with Gasteiger partial charge in [0.15, 0.2) is 0 Å². The molecule has 128 valence electrons. The van der Waals surface area contributed by atoms with Gasteiger partial charge in [-0.05, 0) is 25.8 Å². The summed E-state index contributed by atoms with van der Waals surface area (Å²) in [4.78, 5) is 27.0. The predicted molar refractivity (Wildman–Crippen MR) is 81.8 cm³/mol. The minimum atomic E-state index is -0.896. The van der Waals surface area contributed by atoms with Crippen molar-refractivity contribution in [2.75, 3.05) is 53.6 Å². The number of hydrogen-bond donors (Lipinski definition) is 1. The van der Waals surface area contributed by atoms with Gasteiger partial charge in [-0.15, -0.1) is 0 Å². The number of methoxy groups -OCH3 is 2. The summed E-state index contributed by atoms with van der Waals surface area (Å²) >= 11 is 0. The van der Waals surface area contributed by atoms with Crippen molar-refractivity contribution in [3.8, 4) is 0 Å². The molecule has 7 heteroatoms. The highest BCUT2D eigenvalue weighted by molar-refractivity contribution is 5.84. The summed E-state index contributed by atoms with van der Waals surface area (Å²) in [6.07, 6.45) is 2.45. The number of ether oxygens (including phenoxy) is 2. The van der Waals surface area contributed by atoms with Crippen molar-refractivity contribution in [2.24, 2.45) is 0 Å². The number of amides is 1. The van der Waals surface area contributed by atoms with Crippen LogP contribution in [0.15, 0.2) is 0 Å². The van der Waals surface area contributed by atoms with Crippen molar-refractivity contribution in [3.63, 3.8) is 0 Å². The van der Waals surface area contributed by atoms with Crippen LogP contribution in [0.5, 0.6) is 0 Å². The van der Waals surface area contributed by atoms with Crippen LogP contribution in [0.3, 0.4) is 0 Å². The maximum Gasteiger partial charge on any atom is 0.326 e. The van der Waals surface area contributed by atoms with Crippen LogP contribution >= 0.6 is 0 Å². The molecule has 1 unspecified atom stereocenters. The largest absolute Gasteiger partial charge is 0.480 e. The Labute approximate surface area is 132 Å². The fraction of sp³-hybridized carbons (Fsp3) is 0.867. The van der Waals surface area contributed by atoms with E-state index >= 15 is 0 Å². The van der Waals surface area contributed by atoms with E-state index in [9.17, 15) is 9.59 Å². The predicted octanol–water partition coefficient (Wildman–Crippen LogP) is 0.437. The lowest BCUT2D eigenvalue weighted by Crippen LogP contribution is -2.40. The number of rotatable bonds is 11. The monoisotopic (exact) mass is 316 g/mol. The first kappa shape index (κ1) is 18.9. The molecule has 0 aliphatic carbocycles. The highest BCUT2D eigenvalue weighted by Gasteiger charge is 2.33. The molecular formula is C15H28N2O5. The summed E-state index contributed by atoms with van der Waals surface area (Å²) in [6, 6.07) is -0.634. The molecule has 1 amide bonds. The summed E-state index contributed by atoms with van der Waals surface area (Å²) in [5, 5.41) is 9.11. The van der Waals surface area contributed by atoms with Crippen LogP contribution in [-0.4, -0.2) is 86.4 Å². The van der Waals surface area contributed by atoms with Crippen molar-refractivity contribution in [3.05, 3.63) is 0 Å². The van der Waals surface area contributed by atoms with E-state index in [1.165, 1.54) is 4.90 Å². The molecule has 22 heavy (non-hydrogen) atoms. The van der Waals surface area contributed by atoms with E-state index in [4.69, 9.17) is 14.6 Å². The van der Waals surface area contributed by atoms with Crippen LogP contribution < -0.4 is 0 Å². The maximum atomic E-state index is 12.2. The highest BCUT2D eigenvalue weighted by atomic mass is 16.5. The van der Waals surface area contributed by atoms with E-state index in [2.05, 4.69) is 4.90 Å². The summed E-state index contributed by atoms with van der Waals surface area (Å²) in [6.45, 7) is 4.23. The molecule has 0 aromatic heterocycles. The molecule has 1 heterocycles. The lowest BCUT2D eigenvalue weighted by atomic mass is 10.2. The van der Waals surface area contributed by atoms with Gasteiger partial charge in [-0.2, -0.15) is 0 Å². The average Bonchev–Trinajstić information content (AvgIpc) is 2.99. The van der Waals surface area contributed by atoms with Crippen LogP contribution in [0.1, 0.15) is 25.7 Å². The van der Waals surface area contributed by atoms with Gasteiger partial charge in [0.25, 0.3) is 0 Å². The molecule has 1 aliphatic rings. The molecule has 1 rings (SSSR count). The Morgan fingerprint density at radius 3 is 2.36 bits per heavy atom. The van der Waals surface area contributed by atoms with Gasteiger partial charge in [0.05, 0.1) is 13.2 Å². The molecule has 1 N–H and O–H groups in total. The fourth-order valence-corrected chi connectivity index (χ4v) is 2.70. The molecular weight excluding hydrogens is 288 g/mol. The average molecular weight is 316 g/mol. The van der Waals surface area contributed by atoms with Gasteiger partial charge in [-0.25, -0.2) is 4.79 Å². The molecule has 0 aromatic rings. The Morgan fingerprint density at radius 2 is 1.82 bits per heavy atom. The standard InChI is InChI=1S/C15H28N2O5/c1-21-11-9-16(10-12-22-2)7-4-6-14(18)17-8-3-5-13(17)15(19)20/h13H,3-12H2,1-2H3,(H,19,20). The second-order valence-corrected chi connectivity index (χ2v) is 5.51.